The first-order chi connectivity index (χ1) is 15.3. The number of carbonyl (C=O) groups excluding carboxylic acids is 2. The summed E-state index contributed by atoms with van der Waals surface area (Å²) in [5, 5.41) is 5.76. The summed E-state index contributed by atoms with van der Waals surface area (Å²) in [6.45, 7) is 1.71. The molecular weight excluding hydrogens is 454 g/mol. The summed E-state index contributed by atoms with van der Waals surface area (Å²) in [5.74, 6) is -1.65. The van der Waals surface area contributed by atoms with Gasteiger partial charge >= 0.3 is 0 Å². The fourth-order valence-corrected chi connectivity index (χ4v) is 4.06. The molecule has 0 unspecified atom stereocenters. The molecular formula is C23H17Cl2FN4O2. The van der Waals surface area contributed by atoms with E-state index in [-0.39, 0.29) is 33.2 Å². The normalized spacial score (nSPS) is 10.9. The Balaban J connectivity index is 1.90. The van der Waals surface area contributed by atoms with Gasteiger partial charge in [-0.3, -0.25) is 9.59 Å². The summed E-state index contributed by atoms with van der Waals surface area (Å²) in [5.41, 5.74) is 1.89. The lowest BCUT2D eigenvalue weighted by molar-refractivity contribution is 0.0964. The zero-order chi connectivity index (χ0) is 23.0. The molecule has 32 heavy (non-hydrogen) atoms. The second-order valence-electron chi connectivity index (χ2n) is 7.03. The number of aryl methyl sites for hydroxylation is 1. The minimum absolute atomic E-state index is 0.0490. The van der Waals surface area contributed by atoms with E-state index in [1.165, 1.54) is 37.5 Å². The molecule has 0 aliphatic heterocycles. The number of rotatable bonds is 4. The van der Waals surface area contributed by atoms with Crippen molar-refractivity contribution < 1.29 is 14.0 Å². The molecule has 0 bridgehead atoms. The molecule has 2 aromatic carbocycles. The fraction of sp³-hybridized carbons (Fsp3) is 0.0870. The maximum Gasteiger partial charge on any atom is 0.276 e. The van der Waals surface area contributed by atoms with Crippen LogP contribution >= 0.6 is 23.2 Å². The van der Waals surface area contributed by atoms with Crippen LogP contribution in [0.3, 0.4) is 0 Å². The quantitative estimate of drug-likeness (QED) is 0.421. The van der Waals surface area contributed by atoms with Crippen molar-refractivity contribution in [1.29, 1.82) is 0 Å². The molecule has 0 fully saturated rings. The number of nitrogens with zero attached hydrogens (tertiary/aromatic N) is 2. The smallest absolute Gasteiger partial charge is 0.276 e. The lowest BCUT2D eigenvalue weighted by Crippen LogP contribution is -2.23. The maximum absolute atomic E-state index is 14.8. The second kappa shape index (κ2) is 8.61. The Morgan fingerprint density at radius 3 is 2.59 bits per heavy atom. The average molecular weight is 471 g/mol. The molecule has 6 nitrogen and oxygen atoms in total. The van der Waals surface area contributed by atoms with Crippen LogP contribution in [0.25, 0.3) is 16.8 Å². The van der Waals surface area contributed by atoms with Gasteiger partial charge in [0.1, 0.15) is 5.82 Å². The first kappa shape index (κ1) is 21.8. The zero-order valence-electron chi connectivity index (χ0n) is 17.0. The van der Waals surface area contributed by atoms with Crippen LogP contribution in [-0.4, -0.2) is 28.2 Å². The largest absolute Gasteiger partial charge is 0.355 e. The topological polar surface area (TPSA) is 75.5 Å². The van der Waals surface area contributed by atoms with E-state index in [9.17, 15) is 14.0 Å². The molecule has 0 saturated carbocycles. The summed E-state index contributed by atoms with van der Waals surface area (Å²) in [6.07, 6.45) is 3.19. The minimum Gasteiger partial charge on any atom is -0.355 e. The van der Waals surface area contributed by atoms with E-state index in [0.717, 1.165) is 0 Å². The Morgan fingerprint density at radius 1 is 1.09 bits per heavy atom. The monoisotopic (exact) mass is 470 g/mol. The highest BCUT2D eigenvalue weighted by Crippen LogP contribution is 2.34. The number of hydrogen-bond acceptors (Lipinski definition) is 3. The predicted octanol–water partition coefficient (Wildman–Crippen LogP) is 5.37. The molecule has 2 N–H and O–H groups in total. The number of amides is 2. The van der Waals surface area contributed by atoms with E-state index < -0.39 is 17.6 Å². The molecule has 2 heterocycles. The minimum atomic E-state index is -0.634. The van der Waals surface area contributed by atoms with Gasteiger partial charge in [-0.2, -0.15) is 0 Å². The molecule has 4 aromatic rings. The van der Waals surface area contributed by atoms with E-state index in [2.05, 4.69) is 15.6 Å². The average Bonchev–Trinajstić information content (AvgIpc) is 3.23. The van der Waals surface area contributed by atoms with Gasteiger partial charge in [0.25, 0.3) is 11.8 Å². The lowest BCUT2D eigenvalue weighted by atomic mass is 10.1. The van der Waals surface area contributed by atoms with Crippen molar-refractivity contribution in [3.8, 4) is 11.3 Å². The highest BCUT2D eigenvalue weighted by molar-refractivity contribution is 6.33. The highest BCUT2D eigenvalue weighted by Gasteiger charge is 2.24. The molecule has 9 heteroatoms. The van der Waals surface area contributed by atoms with Crippen LogP contribution < -0.4 is 10.6 Å². The molecule has 162 valence electrons. The van der Waals surface area contributed by atoms with Crippen LogP contribution in [0.2, 0.25) is 10.0 Å². The van der Waals surface area contributed by atoms with Crippen molar-refractivity contribution in [1.82, 2.24) is 14.7 Å². The summed E-state index contributed by atoms with van der Waals surface area (Å²) < 4.78 is 16.5. The molecule has 0 aliphatic carbocycles. The molecule has 2 aromatic heterocycles. The van der Waals surface area contributed by atoms with E-state index in [4.69, 9.17) is 23.2 Å². The summed E-state index contributed by atoms with van der Waals surface area (Å²) in [6, 6.07) is 10.9. The lowest BCUT2D eigenvalue weighted by Gasteiger charge is -2.17. The highest BCUT2D eigenvalue weighted by atomic mass is 35.5. The number of fused-ring (bicyclic) bond motifs is 1. The van der Waals surface area contributed by atoms with Crippen LogP contribution in [0.1, 0.15) is 26.4 Å². The SMILES string of the molecule is CNC(=O)c1cc(Cl)cc(C)c1NC(=O)c1ncc2cccn2c1-c1c(F)cccc1Cl. The van der Waals surface area contributed by atoms with Crippen molar-refractivity contribution >= 4 is 46.2 Å². The molecule has 4 rings (SSSR count). The summed E-state index contributed by atoms with van der Waals surface area (Å²) >= 11 is 12.4. The van der Waals surface area contributed by atoms with Gasteiger partial charge < -0.3 is 15.0 Å². The number of halogens is 3. The van der Waals surface area contributed by atoms with E-state index in [1.54, 1.807) is 35.7 Å². The van der Waals surface area contributed by atoms with Gasteiger partial charge in [0.2, 0.25) is 0 Å². The molecule has 0 atom stereocenters. The Kier molecular flexibility index (Phi) is 5.86. The van der Waals surface area contributed by atoms with Crippen LogP contribution in [0.4, 0.5) is 10.1 Å². The molecule has 0 radical (unpaired) electrons. The first-order valence-electron chi connectivity index (χ1n) is 9.56. The van der Waals surface area contributed by atoms with Crippen molar-refractivity contribution in [2.24, 2.45) is 0 Å². The number of aromatic nitrogens is 2. The number of benzene rings is 2. The van der Waals surface area contributed by atoms with Gasteiger partial charge in [-0.15, -0.1) is 0 Å². The Bertz CT molecular complexity index is 1360. The Hall–Kier alpha value is -3.42. The van der Waals surface area contributed by atoms with E-state index in [1.807, 2.05) is 0 Å². The van der Waals surface area contributed by atoms with Crippen molar-refractivity contribution in [2.45, 2.75) is 6.92 Å². The third kappa shape index (κ3) is 3.81. The van der Waals surface area contributed by atoms with E-state index >= 15 is 0 Å². The Morgan fingerprint density at radius 2 is 1.88 bits per heavy atom. The van der Waals surface area contributed by atoms with Crippen LogP contribution in [-0.2, 0) is 0 Å². The summed E-state index contributed by atoms with van der Waals surface area (Å²) in [7, 11) is 1.48. The van der Waals surface area contributed by atoms with Crippen LogP contribution in [0.5, 0.6) is 0 Å². The third-order valence-corrected chi connectivity index (χ3v) is 5.53. The number of carbonyl (C=O) groups is 2. The number of hydrogen-bond donors (Lipinski definition) is 2. The fourth-order valence-electron chi connectivity index (χ4n) is 3.53. The Labute approximate surface area is 193 Å². The van der Waals surface area contributed by atoms with Gasteiger partial charge in [0.15, 0.2) is 5.69 Å². The van der Waals surface area contributed by atoms with Crippen LogP contribution in [0, 0.1) is 12.7 Å². The maximum atomic E-state index is 14.8. The van der Waals surface area contributed by atoms with Crippen LogP contribution in [0.15, 0.2) is 54.9 Å². The van der Waals surface area contributed by atoms with Gasteiger partial charge in [0, 0.05) is 18.3 Å². The first-order valence-corrected chi connectivity index (χ1v) is 10.3. The van der Waals surface area contributed by atoms with Crippen molar-refractivity contribution in [2.75, 3.05) is 12.4 Å². The number of anilines is 1. The molecule has 0 aliphatic rings. The third-order valence-electron chi connectivity index (χ3n) is 5.00. The van der Waals surface area contributed by atoms with Gasteiger partial charge in [0.05, 0.1) is 39.2 Å². The zero-order valence-corrected chi connectivity index (χ0v) is 18.6. The molecule has 0 saturated heterocycles. The van der Waals surface area contributed by atoms with Gasteiger partial charge in [-0.05, 0) is 48.9 Å². The standard InChI is InChI=1S/C23H17Cl2FN4O2/c1-12-9-13(24)10-15(22(31)27-2)19(12)29-23(32)20-21(18-16(25)6-3-7-17(18)26)30-8-4-5-14(30)11-28-20/h3-11H,1-2H3,(H,27,31)(H,29,32). The number of nitrogens with one attached hydrogen (secondary N) is 2. The summed E-state index contributed by atoms with van der Waals surface area (Å²) in [4.78, 5) is 30.0. The van der Waals surface area contributed by atoms with Crippen molar-refractivity contribution in [3.05, 3.63) is 87.5 Å². The van der Waals surface area contributed by atoms with E-state index in [0.29, 0.717) is 16.1 Å². The molecule has 0 spiro atoms. The molecule has 2 amide bonds. The van der Waals surface area contributed by atoms with Crippen molar-refractivity contribution in [3.63, 3.8) is 0 Å². The predicted molar refractivity (Wildman–Crippen MR) is 123 cm³/mol. The van der Waals surface area contributed by atoms with Gasteiger partial charge in [-0.1, -0.05) is 29.3 Å². The second-order valence-corrected chi connectivity index (χ2v) is 7.88. The van der Waals surface area contributed by atoms with Gasteiger partial charge in [-0.25, -0.2) is 9.37 Å².